The zero-order valence-corrected chi connectivity index (χ0v) is 11.0. The fourth-order valence-electron chi connectivity index (χ4n) is 3.22. The Morgan fingerprint density at radius 3 is 2.71 bits per heavy atom. The quantitative estimate of drug-likeness (QED) is 0.708. The van der Waals surface area contributed by atoms with E-state index >= 15 is 0 Å². The van der Waals surface area contributed by atoms with Crippen LogP contribution in [0.15, 0.2) is 23.3 Å². The van der Waals surface area contributed by atoms with Gasteiger partial charge >= 0.3 is 0 Å². The third-order valence-electron chi connectivity index (χ3n) is 4.62. The van der Waals surface area contributed by atoms with E-state index in [0.717, 1.165) is 24.8 Å². The molecule has 3 atom stereocenters. The molecule has 0 spiro atoms. The third-order valence-corrected chi connectivity index (χ3v) is 4.62. The number of hydrogen-bond acceptors (Lipinski definition) is 2. The first-order valence-electron chi connectivity index (χ1n) is 6.43. The summed E-state index contributed by atoms with van der Waals surface area (Å²) in [6.07, 6.45) is 3.15. The molecule has 2 rings (SSSR count). The molecule has 17 heavy (non-hydrogen) atoms. The van der Waals surface area contributed by atoms with E-state index in [1.165, 1.54) is 11.1 Å². The van der Waals surface area contributed by atoms with Crippen molar-refractivity contribution < 1.29 is 9.90 Å². The SMILES string of the molecule is C=C(C)[C@@H]1CC[C@@](C)(O)[C@@H]2CC(=O)C(C)=C2C1. The lowest BCUT2D eigenvalue weighted by molar-refractivity contribution is -0.116. The summed E-state index contributed by atoms with van der Waals surface area (Å²) >= 11 is 0. The highest BCUT2D eigenvalue weighted by molar-refractivity contribution is 5.98. The lowest BCUT2D eigenvalue weighted by Gasteiger charge is -2.29. The molecule has 2 nitrogen and oxygen atoms in total. The number of fused-ring (bicyclic) bond motifs is 1. The lowest BCUT2D eigenvalue weighted by atomic mass is 9.82. The standard InChI is InChI=1S/C15H22O2/c1-9(2)11-5-6-15(4,17)13-8-14(16)10(3)12(13)7-11/h11,13,17H,1,5-8H2,2-4H3/t11-,13-,15-/m1/s1. The number of rotatable bonds is 1. The normalized spacial score (nSPS) is 38.0. The van der Waals surface area contributed by atoms with Crippen molar-refractivity contribution in [1.29, 1.82) is 0 Å². The summed E-state index contributed by atoms with van der Waals surface area (Å²) in [5, 5.41) is 10.5. The molecule has 0 heterocycles. The maximum atomic E-state index is 11.8. The maximum absolute atomic E-state index is 11.8. The van der Waals surface area contributed by atoms with E-state index in [1.807, 2.05) is 20.8 Å². The van der Waals surface area contributed by atoms with E-state index in [0.29, 0.717) is 12.3 Å². The Hall–Kier alpha value is -0.890. The van der Waals surface area contributed by atoms with Crippen LogP contribution < -0.4 is 0 Å². The maximum Gasteiger partial charge on any atom is 0.159 e. The fourth-order valence-corrected chi connectivity index (χ4v) is 3.22. The van der Waals surface area contributed by atoms with Gasteiger partial charge in [0.1, 0.15) is 0 Å². The van der Waals surface area contributed by atoms with Gasteiger partial charge in [-0.05, 0) is 51.5 Å². The van der Waals surface area contributed by atoms with Gasteiger partial charge in [-0.25, -0.2) is 0 Å². The Labute approximate surface area is 103 Å². The molecule has 0 aliphatic heterocycles. The molecule has 0 radical (unpaired) electrons. The van der Waals surface area contributed by atoms with Crippen molar-refractivity contribution in [2.24, 2.45) is 11.8 Å². The minimum Gasteiger partial charge on any atom is -0.390 e. The first kappa shape index (κ1) is 12.6. The Bertz CT molecular complexity index is 401. The van der Waals surface area contributed by atoms with E-state index in [1.54, 1.807) is 0 Å². The molecule has 1 N–H and O–H groups in total. The predicted octanol–water partition coefficient (Wildman–Crippen LogP) is 3.02. The topological polar surface area (TPSA) is 37.3 Å². The van der Waals surface area contributed by atoms with Crippen molar-refractivity contribution in [3.8, 4) is 0 Å². The highest BCUT2D eigenvalue weighted by Crippen LogP contribution is 2.46. The number of allylic oxidation sites excluding steroid dienone is 2. The molecule has 2 aliphatic rings. The van der Waals surface area contributed by atoms with Crippen LogP contribution >= 0.6 is 0 Å². The Morgan fingerprint density at radius 2 is 2.12 bits per heavy atom. The molecule has 2 aliphatic carbocycles. The van der Waals surface area contributed by atoms with Crippen molar-refractivity contribution in [2.75, 3.05) is 0 Å². The summed E-state index contributed by atoms with van der Waals surface area (Å²) in [6.45, 7) is 9.88. The minimum atomic E-state index is -0.729. The first-order chi connectivity index (χ1) is 7.83. The Morgan fingerprint density at radius 1 is 1.47 bits per heavy atom. The molecule has 0 aromatic rings. The molecular weight excluding hydrogens is 212 g/mol. The van der Waals surface area contributed by atoms with Crippen LogP contribution in [0.5, 0.6) is 0 Å². The number of ketones is 1. The molecule has 0 saturated heterocycles. The Balaban J connectivity index is 2.39. The van der Waals surface area contributed by atoms with Crippen molar-refractivity contribution >= 4 is 5.78 Å². The second kappa shape index (κ2) is 4.09. The van der Waals surface area contributed by atoms with E-state index in [9.17, 15) is 9.90 Å². The molecule has 0 unspecified atom stereocenters. The van der Waals surface area contributed by atoms with Crippen molar-refractivity contribution in [2.45, 2.75) is 52.1 Å². The van der Waals surface area contributed by atoms with Gasteiger partial charge in [0.25, 0.3) is 0 Å². The molecule has 1 fully saturated rings. The van der Waals surface area contributed by atoms with Crippen LogP contribution in [-0.4, -0.2) is 16.5 Å². The van der Waals surface area contributed by atoms with Gasteiger partial charge < -0.3 is 5.11 Å². The number of hydrogen-bond donors (Lipinski definition) is 1. The molecule has 0 aromatic carbocycles. The third kappa shape index (κ3) is 2.11. The summed E-state index contributed by atoms with van der Waals surface area (Å²) in [7, 11) is 0. The molecule has 94 valence electrons. The monoisotopic (exact) mass is 234 g/mol. The summed E-state index contributed by atoms with van der Waals surface area (Å²) in [4.78, 5) is 11.8. The van der Waals surface area contributed by atoms with Crippen molar-refractivity contribution in [1.82, 2.24) is 0 Å². The lowest BCUT2D eigenvalue weighted by Crippen LogP contribution is -2.33. The van der Waals surface area contributed by atoms with Gasteiger partial charge in [0.2, 0.25) is 0 Å². The predicted molar refractivity (Wildman–Crippen MR) is 68.6 cm³/mol. The second-order valence-corrected chi connectivity index (χ2v) is 5.97. The Kier molecular flexibility index (Phi) is 3.03. The van der Waals surface area contributed by atoms with E-state index in [-0.39, 0.29) is 11.7 Å². The fraction of sp³-hybridized carbons (Fsp3) is 0.667. The number of aliphatic hydroxyl groups is 1. The van der Waals surface area contributed by atoms with E-state index in [2.05, 4.69) is 6.58 Å². The van der Waals surface area contributed by atoms with Gasteiger partial charge in [-0.1, -0.05) is 17.7 Å². The highest BCUT2D eigenvalue weighted by atomic mass is 16.3. The van der Waals surface area contributed by atoms with Gasteiger partial charge in [-0.3, -0.25) is 4.79 Å². The van der Waals surface area contributed by atoms with E-state index in [4.69, 9.17) is 0 Å². The van der Waals surface area contributed by atoms with Gasteiger partial charge in [0.15, 0.2) is 5.78 Å². The van der Waals surface area contributed by atoms with Crippen LogP contribution in [0.1, 0.15) is 46.5 Å². The zero-order valence-electron chi connectivity index (χ0n) is 11.0. The minimum absolute atomic E-state index is 0.0411. The second-order valence-electron chi connectivity index (χ2n) is 5.97. The van der Waals surface area contributed by atoms with Crippen LogP contribution in [-0.2, 0) is 4.79 Å². The van der Waals surface area contributed by atoms with Crippen LogP contribution in [0.4, 0.5) is 0 Å². The van der Waals surface area contributed by atoms with Gasteiger partial charge in [-0.2, -0.15) is 0 Å². The van der Waals surface area contributed by atoms with Crippen LogP contribution in [0.25, 0.3) is 0 Å². The zero-order chi connectivity index (χ0) is 12.8. The van der Waals surface area contributed by atoms with Crippen LogP contribution in [0, 0.1) is 11.8 Å². The van der Waals surface area contributed by atoms with E-state index < -0.39 is 5.60 Å². The van der Waals surface area contributed by atoms with Crippen molar-refractivity contribution in [3.63, 3.8) is 0 Å². The molecule has 0 bridgehead atoms. The average molecular weight is 234 g/mol. The molecule has 0 amide bonds. The number of carbonyl (C=O) groups excluding carboxylic acids is 1. The first-order valence-corrected chi connectivity index (χ1v) is 6.43. The van der Waals surface area contributed by atoms with Crippen LogP contribution in [0.3, 0.4) is 0 Å². The highest BCUT2D eigenvalue weighted by Gasteiger charge is 2.44. The summed E-state index contributed by atoms with van der Waals surface area (Å²) < 4.78 is 0. The molecule has 0 aromatic heterocycles. The smallest absolute Gasteiger partial charge is 0.159 e. The van der Waals surface area contributed by atoms with Gasteiger partial charge in [0.05, 0.1) is 5.60 Å². The summed E-state index contributed by atoms with van der Waals surface area (Å²) in [5.74, 6) is 0.675. The average Bonchev–Trinajstić information content (AvgIpc) is 2.43. The number of Topliss-reactive ketones (excluding diaryl/α,β-unsaturated/α-hetero) is 1. The summed E-state index contributed by atoms with van der Waals surface area (Å²) in [5.41, 5.74) is 2.52. The van der Waals surface area contributed by atoms with Gasteiger partial charge in [0, 0.05) is 12.3 Å². The van der Waals surface area contributed by atoms with Crippen LogP contribution in [0.2, 0.25) is 0 Å². The van der Waals surface area contributed by atoms with Crippen molar-refractivity contribution in [3.05, 3.63) is 23.3 Å². The van der Waals surface area contributed by atoms with Gasteiger partial charge in [-0.15, -0.1) is 0 Å². The summed E-state index contributed by atoms with van der Waals surface area (Å²) in [6, 6.07) is 0. The molecular formula is C15H22O2. The molecule has 2 heteroatoms. The largest absolute Gasteiger partial charge is 0.390 e. The molecule has 1 saturated carbocycles. The number of carbonyl (C=O) groups is 1.